The molecule has 0 bridgehead atoms. The van der Waals surface area contributed by atoms with Gasteiger partial charge in [-0.1, -0.05) is 6.92 Å². The van der Waals surface area contributed by atoms with E-state index in [9.17, 15) is 9.18 Å². The van der Waals surface area contributed by atoms with Gasteiger partial charge >= 0.3 is 0 Å². The summed E-state index contributed by atoms with van der Waals surface area (Å²) in [6.07, 6.45) is 0. The third-order valence-electron chi connectivity index (χ3n) is 5.06. The van der Waals surface area contributed by atoms with Gasteiger partial charge in [-0.3, -0.25) is 9.69 Å². The fourth-order valence-corrected chi connectivity index (χ4v) is 4.79. The maximum absolute atomic E-state index is 13.3. The van der Waals surface area contributed by atoms with Gasteiger partial charge in [-0.15, -0.1) is 11.3 Å². The average Bonchev–Trinajstić information content (AvgIpc) is 3.18. The molecule has 4 rings (SSSR count). The topological polar surface area (TPSA) is 32.8 Å². The van der Waals surface area contributed by atoms with Gasteiger partial charge in [-0.2, -0.15) is 0 Å². The molecule has 0 saturated carbocycles. The van der Waals surface area contributed by atoms with E-state index >= 15 is 0 Å². The van der Waals surface area contributed by atoms with Crippen molar-refractivity contribution in [3.63, 3.8) is 0 Å². The number of halogens is 1. The number of hydrogen-bond acceptors (Lipinski definition) is 4. The zero-order chi connectivity index (χ0) is 16.7. The van der Waals surface area contributed by atoms with Crippen molar-refractivity contribution in [1.82, 2.24) is 9.80 Å². The monoisotopic (exact) mass is 348 g/mol. The van der Waals surface area contributed by atoms with Gasteiger partial charge in [0.25, 0.3) is 5.91 Å². The fraction of sp³-hybridized carbons (Fsp3) is 0.500. The number of nitrogens with zero attached hydrogens (tertiary/aromatic N) is 2. The van der Waals surface area contributed by atoms with Crippen LogP contribution in [0.5, 0.6) is 0 Å². The van der Waals surface area contributed by atoms with Crippen LogP contribution in [0.15, 0.2) is 24.3 Å². The second-order valence-electron chi connectivity index (χ2n) is 6.70. The molecule has 2 fully saturated rings. The van der Waals surface area contributed by atoms with Crippen LogP contribution < -0.4 is 0 Å². The van der Waals surface area contributed by atoms with E-state index in [1.165, 1.54) is 23.5 Å². The molecule has 1 aromatic carbocycles. The molecular formula is C18H21FN2O2S. The summed E-state index contributed by atoms with van der Waals surface area (Å²) in [5.41, 5.74) is 0. The molecule has 2 unspecified atom stereocenters. The van der Waals surface area contributed by atoms with Gasteiger partial charge < -0.3 is 9.64 Å². The highest BCUT2D eigenvalue weighted by molar-refractivity contribution is 7.20. The Kier molecular flexibility index (Phi) is 4.28. The van der Waals surface area contributed by atoms with Gasteiger partial charge in [-0.05, 0) is 35.6 Å². The van der Waals surface area contributed by atoms with Crippen molar-refractivity contribution in [2.24, 2.45) is 5.92 Å². The number of fused-ring (bicyclic) bond motifs is 1. The fourth-order valence-electron chi connectivity index (χ4n) is 3.78. The van der Waals surface area contributed by atoms with Crippen LogP contribution in [0.2, 0.25) is 0 Å². The highest BCUT2D eigenvalue weighted by Crippen LogP contribution is 2.30. The third-order valence-corrected chi connectivity index (χ3v) is 6.17. The summed E-state index contributed by atoms with van der Waals surface area (Å²) in [6, 6.07) is 6.91. The number of thiophene rings is 1. The van der Waals surface area contributed by atoms with Crippen LogP contribution in [0.25, 0.3) is 10.1 Å². The van der Waals surface area contributed by atoms with Crippen LogP contribution in [-0.2, 0) is 4.74 Å². The predicted octanol–water partition coefficient (Wildman–Crippen LogP) is 2.83. The van der Waals surface area contributed by atoms with E-state index < -0.39 is 0 Å². The lowest BCUT2D eigenvalue weighted by molar-refractivity contribution is 0.0119. The van der Waals surface area contributed by atoms with Crippen molar-refractivity contribution in [2.75, 3.05) is 39.4 Å². The number of rotatable bonds is 2. The van der Waals surface area contributed by atoms with Gasteiger partial charge in [0, 0.05) is 36.9 Å². The Hall–Kier alpha value is -1.50. The molecule has 3 heterocycles. The number of amides is 1. The Morgan fingerprint density at radius 3 is 2.83 bits per heavy atom. The van der Waals surface area contributed by atoms with Crippen LogP contribution in [0, 0.1) is 11.7 Å². The zero-order valence-electron chi connectivity index (χ0n) is 13.7. The number of carbonyl (C=O) groups excluding carboxylic acids is 1. The molecule has 0 N–H and O–H groups in total. The molecule has 0 spiro atoms. The number of benzene rings is 1. The lowest BCUT2D eigenvalue weighted by Gasteiger charge is -2.33. The van der Waals surface area contributed by atoms with Crippen molar-refractivity contribution >= 4 is 27.3 Å². The second kappa shape index (κ2) is 6.43. The maximum Gasteiger partial charge on any atom is 0.264 e. The number of likely N-dealkylation sites (tertiary alicyclic amines) is 1. The zero-order valence-corrected chi connectivity index (χ0v) is 14.5. The first kappa shape index (κ1) is 16.0. The first-order chi connectivity index (χ1) is 11.6. The Morgan fingerprint density at radius 2 is 2.04 bits per heavy atom. The van der Waals surface area contributed by atoms with E-state index in [1.54, 1.807) is 6.07 Å². The molecule has 4 nitrogen and oxygen atoms in total. The first-order valence-electron chi connectivity index (χ1n) is 8.42. The molecule has 2 aromatic rings. The summed E-state index contributed by atoms with van der Waals surface area (Å²) in [6.45, 7) is 7.20. The lowest BCUT2D eigenvalue weighted by atomic mass is 10.0. The van der Waals surface area contributed by atoms with Gasteiger partial charge in [0.2, 0.25) is 0 Å². The van der Waals surface area contributed by atoms with Crippen LogP contribution in [-0.4, -0.2) is 61.1 Å². The first-order valence-corrected chi connectivity index (χ1v) is 9.23. The van der Waals surface area contributed by atoms with Gasteiger partial charge in [0.05, 0.1) is 18.1 Å². The third kappa shape index (κ3) is 2.94. The molecule has 0 aliphatic carbocycles. The van der Waals surface area contributed by atoms with Crippen molar-refractivity contribution in [3.8, 4) is 0 Å². The standard InChI is InChI=1S/C18H21FN2O2S/c1-12-10-21(11-15(12)20-4-6-23-7-5-20)18(22)17-9-13-8-14(19)2-3-16(13)24-17/h2-3,8-9,12,15H,4-7,10-11H2,1H3. The molecule has 1 amide bonds. The predicted molar refractivity (Wildman–Crippen MR) is 93.0 cm³/mol. The van der Waals surface area contributed by atoms with Crippen LogP contribution in [0.4, 0.5) is 4.39 Å². The van der Waals surface area contributed by atoms with E-state index in [4.69, 9.17) is 4.74 Å². The van der Waals surface area contributed by atoms with Crippen molar-refractivity contribution in [2.45, 2.75) is 13.0 Å². The average molecular weight is 348 g/mol. The normalized spacial score (nSPS) is 25.5. The maximum atomic E-state index is 13.3. The minimum atomic E-state index is -0.263. The summed E-state index contributed by atoms with van der Waals surface area (Å²) in [4.78, 5) is 18.0. The Labute approximate surface area is 144 Å². The van der Waals surface area contributed by atoms with Crippen molar-refractivity contribution in [1.29, 1.82) is 0 Å². The molecule has 1 aromatic heterocycles. The van der Waals surface area contributed by atoms with Crippen LogP contribution >= 0.6 is 11.3 Å². The second-order valence-corrected chi connectivity index (χ2v) is 7.78. The molecule has 2 saturated heterocycles. The molecule has 0 radical (unpaired) electrons. The van der Waals surface area contributed by atoms with Crippen molar-refractivity contribution < 1.29 is 13.9 Å². The van der Waals surface area contributed by atoms with Gasteiger partial charge in [-0.25, -0.2) is 4.39 Å². The molecule has 24 heavy (non-hydrogen) atoms. The molecule has 2 atom stereocenters. The molecule has 2 aliphatic heterocycles. The smallest absolute Gasteiger partial charge is 0.264 e. The van der Waals surface area contributed by atoms with Gasteiger partial charge in [0.1, 0.15) is 5.82 Å². The molecular weight excluding hydrogens is 327 g/mol. The number of hydrogen-bond donors (Lipinski definition) is 0. The van der Waals surface area contributed by atoms with E-state index in [0.29, 0.717) is 16.8 Å². The highest BCUT2D eigenvalue weighted by atomic mass is 32.1. The summed E-state index contributed by atoms with van der Waals surface area (Å²) < 4.78 is 19.7. The van der Waals surface area contributed by atoms with E-state index in [2.05, 4.69) is 11.8 Å². The Bertz CT molecular complexity index is 757. The minimum Gasteiger partial charge on any atom is -0.379 e. The summed E-state index contributed by atoms with van der Waals surface area (Å²) in [7, 11) is 0. The van der Waals surface area contributed by atoms with E-state index in [0.717, 1.165) is 49.5 Å². The largest absolute Gasteiger partial charge is 0.379 e. The Morgan fingerprint density at radius 1 is 1.25 bits per heavy atom. The number of morpholine rings is 1. The highest BCUT2D eigenvalue weighted by Gasteiger charge is 2.37. The number of carbonyl (C=O) groups is 1. The summed E-state index contributed by atoms with van der Waals surface area (Å²) in [5.74, 6) is 0.263. The molecule has 128 valence electrons. The number of ether oxygens (including phenoxy) is 1. The van der Waals surface area contributed by atoms with Crippen molar-refractivity contribution in [3.05, 3.63) is 35.0 Å². The van der Waals surface area contributed by atoms with Crippen LogP contribution in [0.3, 0.4) is 0 Å². The summed E-state index contributed by atoms with van der Waals surface area (Å²) >= 11 is 1.45. The molecule has 6 heteroatoms. The quantitative estimate of drug-likeness (QED) is 0.837. The molecule has 2 aliphatic rings. The Balaban J connectivity index is 1.51. The van der Waals surface area contributed by atoms with Crippen LogP contribution in [0.1, 0.15) is 16.6 Å². The SMILES string of the molecule is CC1CN(C(=O)c2cc3cc(F)ccc3s2)CC1N1CCOCC1. The minimum absolute atomic E-state index is 0.0687. The summed E-state index contributed by atoms with van der Waals surface area (Å²) in [5, 5.41) is 0.806. The van der Waals surface area contributed by atoms with E-state index in [-0.39, 0.29) is 11.7 Å². The van der Waals surface area contributed by atoms with E-state index in [1.807, 2.05) is 11.0 Å². The van der Waals surface area contributed by atoms with Gasteiger partial charge in [0.15, 0.2) is 0 Å². The lowest BCUT2D eigenvalue weighted by Crippen LogP contribution is -2.47.